The largest absolute Gasteiger partial charge is 0.331 e. The Morgan fingerprint density at radius 2 is 1.76 bits per heavy atom. The van der Waals surface area contributed by atoms with Crippen LogP contribution < -0.4 is 10.7 Å². The molecule has 106 valence electrons. The molecule has 2 rings (SSSR count). The van der Waals surface area contributed by atoms with Crippen molar-refractivity contribution < 1.29 is 4.39 Å². The van der Waals surface area contributed by atoms with Crippen LogP contribution in [-0.2, 0) is 0 Å². The summed E-state index contributed by atoms with van der Waals surface area (Å²) in [5, 5.41) is 7.19. The minimum atomic E-state index is -0.288. The highest BCUT2D eigenvalue weighted by atomic mass is 32.1. The Kier molecular flexibility index (Phi) is 5.60. The van der Waals surface area contributed by atoms with E-state index < -0.39 is 0 Å². The summed E-state index contributed by atoms with van der Waals surface area (Å²) >= 11 is 5.06. The molecular formula is C16H14FN3S. The number of anilines is 1. The second-order valence-electron chi connectivity index (χ2n) is 4.12. The van der Waals surface area contributed by atoms with Crippen molar-refractivity contribution in [3.63, 3.8) is 0 Å². The van der Waals surface area contributed by atoms with Crippen molar-refractivity contribution in [3.05, 3.63) is 72.1 Å². The maximum absolute atomic E-state index is 12.7. The lowest BCUT2D eigenvalue weighted by molar-refractivity contribution is 0.628. The molecule has 0 saturated carbocycles. The summed E-state index contributed by atoms with van der Waals surface area (Å²) in [4.78, 5) is 0. The number of hydrazone groups is 1. The van der Waals surface area contributed by atoms with E-state index in [2.05, 4.69) is 15.8 Å². The van der Waals surface area contributed by atoms with Crippen LogP contribution in [0.2, 0.25) is 0 Å². The van der Waals surface area contributed by atoms with Crippen LogP contribution in [0.4, 0.5) is 10.1 Å². The van der Waals surface area contributed by atoms with E-state index in [9.17, 15) is 4.39 Å². The fraction of sp³-hybridized carbons (Fsp3) is 0. The summed E-state index contributed by atoms with van der Waals surface area (Å²) in [6.45, 7) is 0. The normalized spacial score (nSPS) is 10.9. The Labute approximate surface area is 128 Å². The molecular weight excluding hydrogens is 285 g/mol. The van der Waals surface area contributed by atoms with Gasteiger partial charge < -0.3 is 5.32 Å². The van der Waals surface area contributed by atoms with Gasteiger partial charge in [0.2, 0.25) is 0 Å². The molecule has 3 nitrogen and oxygen atoms in total. The number of rotatable bonds is 4. The van der Waals surface area contributed by atoms with Crippen LogP contribution in [0.5, 0.6) is 0 Å². The second kappa shape index (κ2) is 7.91. The molecule has 21 heavy (non-hydrogen) atoms. The molecule has 2 N–H and O–H groups in total. The van der Waals surface area contributed by atoms with E-state index >= 15 is 0 Å². The average Bonchev–Trinajstić information content (AvgIpc) is 2.50. The maximum atomic E-state index is 12.7. The van der Waals surface area contributed by atoms with Gasteiger partial charge in [-0.3, -0.25) is 5.43 Å². The Hall–Kier alpha value is -2.53. The molecule has 0 radical (unpaired) electrons. The molecule has 0 aromatic heterocycles. The molecule has 0 saturated heterocycles. The zero-order valence-corrected chi connectivity index (χ0v) is 12.0. The van der Waals surface area contributed by atoms with E-state index in [1.165, 1.54) is 12.1 Å². The first-order chi connectivity index (χ1) is 10.2. The van der Waals surface area contributed by atoms with Crippen LogP contribution in [0, 0.1) is 5.82 Å². The third-order valence-corrected chi connectivity index (χ3v) is 2.71. The van der Waals surface area contributed by atoms with Crippen molar-refractivity contribution >= 4 is 35.3 Å². The molecule has 0 heterocycles. The molecule has 2 aromatic rings. The first-order valence-corrected chi connectivity index (χ1v) is 6.72. The Balaban J connectivity index is 1.77. The van der Waals surface area contributed by atoms with Gasteiger partial charge in [-0.1, -0.05) is 36.4 Å². The number of hydrogen-bond donors (Lipinski definition) is 2. The van der Waals surface area contributed by atoms with Gasteiger partial charge in [-0.25, -0.2) is 4.39 Å². The molecule has 0 bridgehead atoms. The smallest absolute Gasteiger partial charge is 0.191 e. The molecule has 0 aliphatic rings. The van der Waals surface area contributed by atoms with Crippen LogP contribution >= 0.6 is 12.2 Å². The lowest BCUT2D eigenvalue weighted by Gasteiger charge is -2.05. The van der Waals surface area contributed by atoms with Crippen molar-refractivity contribution in [1.29, 1.82) is 0 Å². The molecule has 0 amide bonds. The van der Waals surface area contributed by atoms with Crippen LogP contribution in [-0.4, -0.2) is 11.3 Å². The first-order valence-electron chi connectivity index (χ1n) is 6.31. The van der Waals surface area contributed by atoms with Crippen LogP contribution in [0.15, 0.2) is 65.8 Å². The van der Waals surface area contributed by atoms with Gasteiger partial charge in [-0.05, 0) is 48.1 Å². The van der Waals surface area contributed by atoms with Gasteiger partial charge in [0.1, 0.15) is 5.82 Å². The summed E-state index contributed by atoms with van der Waals surface area (Å²) in [6.07, 6.45) is 5.34. The standard InChI is InChI=1S/C16H14FN3S/c17-14-8-10-15(11-9-14)19-16(21)20-18-12-4-7-13-5-2-1-3-6-13/h1-12H,(H2,19,20,21). The summed E-state index contributed by atoms with van der Waals surface area (Å²) in [5.41, 5.74) is 4.47. The zero-order valence-electron chi connectivity index (χ0n) is 11.2. The van der Waals surface area contributed by atoms with Crippen LogP contribution in [0.1, 0.15) is 5.56 Å². The highest BCUT2D eigenvalue weighted by molar-refractivity contribution is 7.80. The third-order valence-electron chi connectivity index (χ3n) is 2.52. The quantitative estimate of drug-likeness (QED) is 0.512. The van der Waals surface area contributed by atoms with Crippen molar-refractivity contribution in [2.75, 3.05) is 5.32 Å². The Morgan fingerprint density at radius 3 is 2.48 bits per heavy atom. The summed E-state index contributed by atoms with van der Waals surface area (Å²) in [5.74, 6) is -0.288. The van der Waals surface area contributed by atoms with Crippen LogP contribution in [0.25, 0.3) is 6.08 Å². The fourth-order valence-electron chi connectivity index (χ4n) is 1.55. The SMILES string of the molecule is Fc1ccc(NC(=S)NN=CC=Cc2ccccc2)cc1. The lowest BCUT2D eigenvalue weighted by Crippen LogP contribution is -2.23. The predicted molar refractivity (Wildman–Crippen MR) is 89.7 cm³/mol. The van der Waals surface area contributed by atoms with Crippen molar-refractivity contribution in [2.24, 2.45) is 5.10 Å². The fourth-order valence-corrected chi connectivity index (χ4v) is 1.72. The molecule has 0 aliphatic heterocycles. The van der Waals surface area contributed by atoms with E-state index in [1.807, 2.05) is 42.5 Å². The van der Waals surface area contributed by atoms with Gasteiger partial charge in [0.25, 0.3) is 0 Å². The highest BCUT2D eigenvalue weighted by Crippen LogP contribution is 2.07. The third kappa shape index (κ3) is 5.54. The van der Waals surface area contributed by atoms with Gasteiger partial charge in [-0.15, -0.1) is 0 Å². The van der Waals surface area contributed by atoms with Crippen LogP contribution in [0.3, 0.4) is 0 Å². The molecule has 0 unspecified atom stereocenters. The molecule has 0 atom stereocenters. The van der Waals surface area contributed by atoms with Crippen molar-refractivity contribution in [2.45, 2.75) is 0 Å². The maximum Gasteiger partial charge on any atom is 0.191 e. The molecule has 0 fully saturated rings. The van der Waals surface area contributed by atoms with Gasteiger partial charge >= 0.3 is 0 Å². The van der Waals surface area contributed by atoms with Gasteiger partial charge in [-0.2, -0.15) is 5.10 Å². The monoisotopic (exact) mass is 299 g/mol. The summed E-state index contributed by atoms with van der Waals surface area (Å²) in [6, 6.07) is 15.8. The number of nitrogens with one attached hydrogen (secondary N) is 2. The summed E-state index contributed by atoms with van der Waals surface area (Å²) in [7, 11) is 0. The minimum Gasteiger partial charge on any atom is -0.331 e. The van der Waals surface area contributed by atoms with E-state index in [4.69, 9.17) is 12.2 Å². The molecule has 5 heteroatoms. The van der Waals surface area contributed by atoms with Crippen molar-refractivity contribution in [1.82, 2.24) is 5.43 Å². The number of halogens is 1. The molecule has 2 aromatic carbocycles. The Bertz CT molecular complexity index is 636. The van der Waals surface area contributed by atoms with Gasteiger partial charge in [0.05, 0.1) is 0 Å². The first kappa shape index (κ1) is 14.9. The van der Waals surface area contributed by atoms with E-state index in [1.54, 1.807) is 18.3 Å². The number of benzene rings is 2. The molecule has 0 aliphatic carbocycles. The number of hydrogen-bond acceptors (Lipinski definition) is 2. The number of thiocarbonyl (C=S) groups is 1. The van der Waals surface area contributed by atoms with E-state index in [0.29, 0.717) is 10.8 Å². The lowest BCUT2D eigenvalue weighted by atomic mass is 10.2. The van der Waals surface area contributed by atoms with Crippen molar-refractivity contribution in [3.8, 4) is 0 Å². The van der Waals surface area contributed by atoms with Gasteiger partial charge in [0.15, 0.2) is 5.11 Å². The predicted octanol–water partition coefficient (Wildman–Crippen LogP) is 3.81. The average molecular weight is 299 g/mol. The molecule has 0 spiro atoms. The minimum absolute atomic E-state index is 0.288. The zero-order chi connectivity index (χ0) is 14.9. The topological polar surface area (TPSA) is 36.4 Å². The highest BCUT2D eigenvalue weighted by Gasteiger charge is 1.95. The number of nitrogens with zero attached hydrogens (tertiary/aromatic N) is 1. The second-order valence-corrected chi connectivity index (χ2v) is 4.53. The van der Waals surface area contributed by atoms with E-state index in [0.717, 1.165) is 5.56 Å². The Morgan fingerprint density at radius 1 is 1.05 bits per heavy atom. The van der Waals surface area contributed by atoms with Gasteiger partial charge in [0, 0.05) is 11.9 Å². The summed E-state index contributed by atoms with van der Waals surface area (Å²) < 4.78 is 12.7. The van der Waals surface area contributed by atoms with E-state index in [-0.39, 0.29) is 5.82 Å². The number of allylic oxidation sites excluding steroid dienone is 1.